The van der Waals surface area contributed by atoms with E-state index in [4.69, 9.17) is 9.97 Å². The molecule has 0 bridgehead atoms. The van der Waals surface area contributed by atoms with Crippen LogP contribution in [0.3, 0.4) is 0 Å². The SMILES string of the molecule is c1ccc(-c2cc(-c3ccc(-c4ccc(C5(c6ccccc6)c6ccccc6-c6c5ccc5ccccc65)cc4)cc3)nc(-c3ccccc3)n2)cc1. The molecular weight excluding hydrogens is 641 g/mol. The van der Waals surface area contributed by atoms with E-state index in [0.717, 1.165) is 39.5 Å². The fraction of sp³-hybridized carbons (Fsp3) is 0.0196. The van der Waals surface area contributed by atoms with Crippen LogP contribution in [0.1, 0.15) is 22.3 Å². The molecule has 248 valence electrons. The summed E-state index contributed by atoms with van der Waals surface area (Å²) in [5.74, 6) is 0.719. The van der Waals surface area contributed by atoms with Gasteiger partial charge in [0.2, 0.25) is 0 Å². The average molecular weight is 675 g/mol. The van der Waals surface area contributed by atoms with E-state index in [9.17, 15) is 0 Å². The first kappa shape index (κ1) is 30.9. The van der Waals surface area contributed by atoms with Gasteiger partial charge in [-0.05, 0) is 61.3 Å². The van der Waals surface area contributed by atoms with Crippen LogP contribution in [0.15, 0.2) is 206 Å². The molecule has 0 aliphatic heterocycles. The van der Waals surface area contributed by atoms with Crippen molar-refractivity contribution in [1.82, 2.24) is 9.97 Å². The van der Waals surface area contributed by atoms with Gasteiger partial charge in [0, 0.05) is 16.7 Å². The van der Waals surface area contributed by atoms with Crippen LogP contribution in [0.25, 0.3) is 66.9 Å². The van der Waals surface area contributed by atoms with Crippen molar-refractivity contribution in [3.8, 4) is 56.2 Å². The summed E-state index contributed by atoms with van der Waals surface area (Å²) >= 11 is 0. The quantitative estimate of drug-likeness (QED) is 0.175. The molecule has 0 radical (unpaired) electrons. The van der Waals surface area contributed by atoms with E-state index in [1.165, 1.54) is 49.7 Å². The minimum absolute atomic E-state index is 0.445. The number of hydrogen-bond donors (Lipinski definition) is 0. The van der Waals surface area contributed by atoms with Gasteiger partial charge in [0.15, 0.2) is 5.82 Å². The lowest BCUT2D eigenvalue weighted by Crippen LogP contribution is -2.28. The molecule has 53 heavy (non-hydrogen) atoms. The van der Waals surface area contributed by atoms with Crippen LogP contribution in [0, 0.1) is 0 Å². The minimum Gasteiger partial charge on any atom is -0.228 e. The molecule has 9 aromatic rings. The van der Waals surface area contributed by atoms with Gasteiger partial charge in [0.05, 0.1) is 16.8 Å². The van der Waals surface area contributed by atoms with Crippen LogP contribution < -0.4 is 0 Å². The monoisotopic (exact) mass is 674 g/mol. The van der Waals surface area contributed by atoms with Crippen molar-refractivity contribution in [3.63, 3.8) is 0 Å². The summed E-state index contributed by atoms with van der Waals surface area (Å²) in [4.78, 5) is 10.0. The van der Waals surface area contributed by atoms with Crippen molar-refractivity contribution in [2.45, 2.75) is 5.41 Å². The number of benzene rings is 8. The molecule has 1 aliphatic carbocycles. The lowest BCUT2D eigenvalue weighted by atomic mass is 9.67. The average Bonchev–Trinajstić information content (AvgIpc) is 3.56. The third kappa shape index (κ3) is 5.11. The van der Waals surface area contributed by atoms with E-state index in [-0.39, 0.29) is 0 Å². The van der Waals surface area contributed by atoms with Gasteiger partial charge in [0.25, 0.3) is 0 Å². The summed E-state index contributed by atoms with van der Waals surface area (Å²) in [6.07, 6.45) is 0. The summed E-state index contributed by atoms with van der Waals surface area (Å²) < 4.78 is 0. The highest BCUT2D eigenvalue weighted by Crippen LogP contribution is 2.57. The highest BCUT2D eigenvalue weighted by molar-refractivity contribution is 6.04. The van der Waals surface area contributed by atoms with Gasteiger partial charge < -0.3 is 0 Å². The number of nitrogens with zero attached hydrogens (tertiary/aromatic N) is 2. The van der Waals surface area contributed by atoms with Crippen LogP contribution in [-0.4, -0.2) is 9.97 Å². The standard InChI is InChI=1S/C51H34N2/c1-4-15-38(16-5-1)47-34-48(53-50(52-47)40-17-6-2-7-18-40)39-26-24-35(25-27-39)36-28-31-42(32-29-36)51(41-19-8-3-9-20-41)45-23-13-12-22-44(45)49-43-21-11-10-14-37(43)30-33-46(49)51/h1-34H. The third-order valence-corrected chi connectivity index (χ3v) is 10.8. The van der Waals surface area contributed by atoms with Gasteiger partial charge in [-0.15, -0.1) is 0 Å². The maximum Gasteiger partial charge on any atom is 0.160 e. The van der Waals surface area contributed by atoms with Crippen molar-refractivity contribution in [2.75, 3.05) is 0 Å². The topological polar surface area (TPSA) is 25.8 Å². The Hall–Kier alpha value is -6.90. The highest BCUT2D eigenvalue weighted by atomic mass is 14.9. The van der Waals surface area contributed by atoms with Gasteiger partial charge in [-0.3, -0.25) is 0 Å². The van der Waals surface area contributed by atoms with Crippen molar-refractivity contribution >= 4 is 10.8 Å². The summed E-state index contributed by atoms with van der Waals surface area (Å²) in [7, 11) is 0. The van der Waals surface area contributed by atoms with Crippen LogP contribution in [0.2, 0.25) is 0 Å². The zero-order valence-electron chi connectivity index (χ0n) is 29.0. The van der Waals surface area contributed by atoms with E-state index < -0.39 is 5.41 Å². The minimum atomic E-state index is -0.445. The summed E-state index contributed by atoms with van der Waals surface area (Å²) in [5, 5.41) is 2.56. The first-order chi connectivity index (χ1) is 26.3. The highest BCUT2D eigenvalue weighted by Gasteiger charge is 2.46. The van der Waals surface area contributed by atoms with Gasteiger partial charge in [0.1, 0.15) is 0 Å². The van der Waals surface area contributed by atoms with Gasteiger partial charge >= 0.3 is 0 Å². The molecule has 1 unspecified atom stereocenters. The van der Waals surface area contributed by atoms with Crippen LogP contribution in [-0.2, 0) is 5.41 Å². The zero-order chi connectivity index (χ0) is 35.2. The summed E-state index contributed by atoms with van der Waals surface area (Å²) in [6.45, 7) is 0. The molecule has 0 N–H and O–H groups in total. The first-order valence-electron chi connectivity index (χ1n) is 18.2. The van der Waals surface area contributed by atoms with E-state index in [1.807, 2.05) is 36.4 Å². The fourth-order valence-electron chi connectivity index (χ4n) is 8.34. The normalized spacial score (nSPS) is 14.5. The summed E-state index contributed by atoms with van der Waals surface area (Å²) in [6, 6.07) is 74.0. The van der Waals surface area contributed by atoms with Crippen molar-refractivity contribution in [3.05, 3.63) is 229 Å². The molecule has 8 aromatic carbocycles. The first-order valence-corrected chi connectivity index (χ1v) is 18.2. The Balaban J connectivity index is 1.06. The largest absolute Gasteiger partial charge is 0.228 e. The zero-order valence-corrected chi connectivity index (χ0v) is 29.0. The van der Waals surface area contributed by atoms with E-state index in [2.05, 4.69) is 170 Å². The van der Waals surface area contributed by atoms with Crippen molar-refractivity contribution in [1.29, 1.82) is 0 Å². The Morgan fingerprint density at radius 1 is 0.340 bits per heavy atom. The number of fused-ring (bicyclic) bond motifs is 5. The smallest absolute Gasteiger partial charge is 0.160 e. The second-order valence-corrected chi connectivity index (χ2v) is 13.7. The van der Waals surface area contributed by atoms with Crippen LogP contribution >= 0.6 is 0 Å². The predicted molar refractivity (Wildman–Crippen MR) is 219 cm³/mol. The molecule has 0 fully saturated rings. The number of hydrogen-bond acceptors (Lipinski definition) is 2. The Morgan fingerprint density at radius 3 is 1.55 bits per heavy atom. The molecule has 1 atom stereocenters. The Kier molecular flexibility index (Phi) is 7.40. The Labute approximate surface area is 309 Å². The van der Waals surface area contributed by atoms with Gasteiger partial charge in [-0.2, -0.15) is 0 Å². The van der Waals surface area contributed by atoms with Crippen molar-refractivity contribution in [2.24, 2.45) is 0 Å². The summed E-state index contributed by atoms with van der Waals surface area (Å²) in [5.41, 5.74) is 14.6. The van der Waals surface area contributed by atoms with Gasteiger partial charge in [-0.25, -0.2) is 9.97 Å². The number of rotatable bonds is 6. The molecule has 10 rings (SSSR count). The second kappa shape index (κ2) is 12.7. The lowest BCUT2D eigenvalue weighted by molar-refractivity contribution is 0.769. The molecule has 1 aromatic heterocycles. The van der Waals surface area contributed by atoms with E-state index in [0.29, 0.717) is 0 Å². The second-order valence-electron chi connectivity index (χ2n) is 13.7. The molecule has 1 heterocycles. The van der Waals surface area contributed by atoms with Crippen LogP contribution in [0.4, 0.5) is 0 Å². The van der Waals surface area contributed by atoms with E-state index in [1.54, 1.807) is 0 Å². The molecule has 0 saturated carbocycles. The molecule has 2 heteroatoms. The Bertz CT molecular complexity index is 2680. The molecule has 1 aliphatic rings. The molecular formula is C51H34N2. The molecule has 0 saturated heterocycles. The lowest BCUT2D eigenvalue weighted by Gasteiger charge is -2.34. The van der Waals surface area contributed by atoms with Crippen LogP contribution in [0.5, 0.6) is 0 Å². The fourth-order valence-corrected chi connectivity index (χ4v) is 8.34. The number of aromatic nitrogens is 2. The van der Waals surface area contributed by atoms with E-state index >= 15 is 0 Å². The molecule has 0 spiro atoms. The third-order valence-electron chi connectivity index (χ3n) is 10.8. The Morgan fingerprint density at radius 2 is 0.849 bits per heavy atom. The maximum atomic E-state index is 5.04. The predicted octanol–water partition coefficient (Wildman–Crippen LogP) is 12.7. The van der Waals surface area contributed by atoms with Crippen molar-refractivity contribution < 1.29 is 0 Å². The molecule has 0 amide bonds. The maximum absolute atomic E-state index is 5.04. The molecule has 2 nitrogen and oxygen atoms in total. The van der Waals surface area contributed by atoms with Gasteiger partial charge in [-0.1, -0.05) is 200 Å².